The predicted octanol–water partition coefficient (Wildman–Crippen LogP) is 4.32. The summed E-state index contributed by atoms with van der Waals surface area (Å²) in [6.45, 7) is 0.993. The number of aliphatic hydroxyl groups is 1. The molecular formula is C23H23NO. The molecule has 0 aromatic heterocycles. The SMILES string of the molecule is OC1c2c(ccc3ccccc23)CCC1C1NCCc2ccccc21. The van der Waals surface area contributed by atoms with E-state index in [2.05, 4.69) is 66.0 Å². The van der Waals surface area contributed by atoms with Crippen LogP contribution >= 0.6 is 0 Å². The van der Waals surface area contributed by atoms with E-state index in [-0.39, 0.29) is 12.0 Å². The molecule has 0 bridgehead atoms. The first-order valence-electron chi connectivity index (χ1n) is 9.33. The second-order valence-electron chi connectivity index (χ2n) is 7.39. The molecule has 2 aliphatic rings. The zero-order valence-electron chi connectivity index (χ0n) is 14.3. The van der Waals surface area contributed by atoms with E-state index in [9.17, 15) is 5.11 Å². The van der Waals surface area contributed by atoms with E-state index in [0.717, 1.165) is 31.4 Å². The highest BCUT2D eigenvalue weighted by Gasteiger charge is 2.37. The van der Waals surface area contributed by atoms with Gasteiger partial charge in [-0.05, 0) is 58.8 Å². The van der Waals surface area contributed by atoms with Crippen LogP contribution in [0.2, 0.25) is 0 Å². The minimum Gasteiger partial charge on any atom is -0.388 e. The largest absolute Gasteiger partial charge is 0.388 e. The fourth-order valence-electron chi connectivity index (χ4n) is 4.87. The first-order chi connectivity index (χ1) is 12.3. The molecule has 3 aromatic rings. The van der Waals surface area contributed by atoms with Gasteiger partial charge >= 0.3 is 0 Å². The lowest BCUT2D eigenvalue weighted by Gasteiger charge is -2.39. The minimum absolute atomic E-state index is 0.222. The molecule has 3 unspecified atom stereocenters. The molecule has 0 saturated heterocycles. The van der Waals surface area contributed by atoms with Crippen LogP contribution in [0.5, 0.6) is 0 Å². The molecule has 0 amide bonds. The van der Waals surface area contributed by atoms with Gasteiger partial charge in [-0.1, -0.05) is 60.7 Å². The minimum atomic E-state index is -0.418. The quantitative estimate of drug-likeness (QED) is 0.697. The molecule has 25 heavy (non-hydrogen) atoms. The Bertz CT molecular complexity index is 932. The highest BCUT2D eigenvalue weighted by molar-refractivity contribution is 5.87. The van der Waals surface area contributed by atoms with E-state index < -0.39 is 6.10 Å². The Balaban J connectivity index is 1.60. The molecule has 2 N–H and O–H groups in total. The molecule has 3 atom stereocenters. The number of fused-ring (bicyclic) bond motifs is 4. The summed E-state index contributed by atoms with van der Waals surface area (Å²) >= 11 is 0. The molecule has 2 heteroatoms. The molecule has 0 fully saturated rings. The first-order valence-corrected chi connectivity index (χ1v) is 9.33. The Kier molecular flexibility index (Phi) is 3.61. The molecule has 1 aliphatic carbocycles. The number of rotatable bonds is 1. The van der Waals surface area contributed by atoms with Crippen molar-refractivity contribution in [3.63, 3.8) is 0 Å². The second kappa shape index (κ2) is 5.98. The lowest BCUT2D eigenvalue weighted by molar-refractivity contribution is 0.0688. The van der Waals surface area contributed by atoms with Crippen molar-refractivity contribution in [2.75, 3.05) is 6.54 Å². The molecule has 5 rings (SSSR count). The molecule has 126 valence electrons. The molecule has 0 saturated carbocycles. The summed E-state index contributed by atoms with van der Waals surface area (Å²) in [5, 5.41) is 17.5. The second-order valence-corrected chi connectivity index (χ2v) is 7.39. The van der Waals surface area contributed by atoms with E-state index in [1.165, 1.54) is 27.5 Å². The number of hydrogen-bond donors (Lipinski definition) is 2. The van der Waals surface area contributed by atoms with Gasteiger partial charge in [-0.2, -0.15) is 0 Å². The van der Waals surface area contributed by atoms with Crippen molar-refractivity contribution in [2.45, 2.75) is 31.4 Å². The lowest BCUT2D eigenvalue weighted by Crippen LogP contribution is -2.39. The maximum absolute atomic E-state index is 11.4. The topological polar surface area (TPSA) is 32.3 Å². The smallest absolute Gasteiger partial charge is 0.0845 e. The highest BCUT2D eigenvalue weighted by atomic mass is 16.3. The van der Waals surface area contributed by atoms with E-state index in [1.807, 2.05) is 0 Å². The molecular weight excluding hydrogens is 306 g/mol. The summed E-state index contributed by atoms with van der Waals surface area (Å²) in [5.74, 6) is 0.222. The Morgan fingerprint density at radius 3 is 2.64 bits per heavy atom. The monoisotopic (exact) mass is 329 g/mol. The summed E-state index contributed by atoms with van der Waals surface area (Å²) in [7, 11) is 0. The standard InChI is InChI=1S/C23H23NO/c25-23-20(22-19-8-4-2-6-16(19)13-14-24-22)12-11-17-10-9-15-5-1-3-7-18(15)21(17)23/h1-10,20,22-25H,11-14H2. The lowest BCUT2D eigenvalue weighted by atomic mass is 9.73. The third-order valence-electron chi connectivity index (χ3n) is 6.09. The van der Waals surface area contributed by atoms with Crippen LogP contribution in [-0.2, 0) is 12.8 Å². The Labute approximate surface area is 148 Å². The van der Waals surface area contributed by atoms with Gasteiger partial charge in [0.25, 0.3) is 0 Å². The van der Waals surface area contributed by atoms with Crippen molar-refractivity contribution in [1.82, 2.24) is 5.32 Å². The van der Waals surface area contributed by atoms with Crippen LogP contribution in [0.15, 0.2) is 60.7 Å². The van der Waals surface area contributed by atoms with E-state index >= 15 is 0 Å². The van der Waals surface area contributed by atoms with Crippen LogP contribution in [0.4, 0.5) is 0 Å². The van der Waals surface area contributed by atoms with Crippen molar-refractivity contribution in [3.05, 3.63) is 82.9 Å². The van der Waals surface area contributed by atoms with Gasteiger partial charge in [-0.3, -0.25) is 0 Å². The average molecular weight is 329 g/mol. The van der Waals surface area contributed by atoms with Crippen LogP contribution in [0, 0.1) is 5.92 Å². The Morgan fingerprint density at radius 2 is 1.68 bits per heavy atom. The van der Waals surface area contributed by atoms with E-state index in [1.54, 1.807) is 0 Å². The van der Waals surface area contributed by atoms with Crippen LogP contribution < -0.4 is 5.32 Å². The maximum atomic E-state index is 11.4. The van der Waals surface area contributed by atoms with Gasteiger partial charge in [-0.25, -0.2) is 0 Å². The fourth-order valence-corrected chi connectivity index (χ4v) is 4.87. The third-order valence-corrected chi connectivity index (χ3v) is 6.09. The number of aliphatic hydroxyl groups excluding tert-OH is 1. The first kappa shape index (κ1) is 15.1. The van der Waals surface area contributed by atoms with Gasteiger partial charge in [0.05, 0.1) is 6.10 Å². The van der Waals surface area contributed by atoms with Gasteiger partial charge in [0.2, 0.25) is 0 Å². The molecule has 0 radical (unpaired) electrons. The van der Waals surface area contributed by atoms with Crippen molar-refractivity contribution in [2.24, 2.45) is 5.92 Å². The van der Waals surface area contributed by atoms with E-state index in [0.29, 0.717) is 0 Å². The number of benzene rings is 3. The van der Waals surface area contributed by atoms with Crippen molar-refractivity contribution >= 4 is 10.8 Å². The van der Waals surface area contributed by atoms with Gasteiger partial charge in [-0.15, -0.1) is 0 Å². The normalized spacial score (nSPS) is 25.4. The van der Waals surface area contributed by atoms with Crippen molar-refractivity contribution < 1.29 is 5.11 Å². The van der Waals surface area contributed by atoms with Crippen LogP contribution in [0.25, 0.3) is 10.8 Å². The number of hydrogen-bond acceptors (Lipinski definition) is 2. The van der Waals surface area contributed by atoms with Gasteiger partial charge in [0, 0.05) is 12.0 Å². The van der Waals surface area contributed by atoms with Crippen LogP contribution in [0.3, 0.4) is 0 Å². The zero-order chi connectivity index (χ0) is 16.8. The highest BCUT2D eigenvalue weighted by Crippen LogP contribution is 2.45. The predicted molar refractivity (Wildman–Crippen MR) is 102 cm³/mol. The Hall–Kier alpha value is -2.16. The van der Waals surface area contributed by atoms with Gasteiger partial charge < -0.3 is 10.4 Å². The van der Waals surface area contributed by atoms with Crippen molar-refractivity contribution in [3.8, 4) is 0 Å². The van der Waals surface area contributed by atoms with Gasteiger partial charge in [0.15, 0.2) is 0 Å². The number of nitrogens with one attached hydrogen (secondary N) is 1. The number of aryl methyl sites for hydroxylation is 1. The molecule has 3 aromatic carbocycles. The summed E-state index contributed by atoms with van der Waals surface area (Å²) in [6, 6.07) is 21.8. The van der Waals surface area contributed by atoms with E-state index in [4.69, 9.17) is 0 Å². The summed E-state index contributed by atoms with van der Waals surface area (Å²) in [6.07, 6.45) is 2.73. The molecule has 1 aliphatic heterocycles. The van der Waals surface area contributed by atoms with Crippen LogP contribution in [0.1, 0.15) is 40.8 Å². The van der Waals surface area contributed by atoms with Gasteiger partial charge in [0.1, 0.15) is 0 Å². The van der Waals surface area contributed by atoms with Crippen molar-refractivity contribution in [1.29, 1.82) is 0 Å². The Morgan fingerprint density at radius 1 is 0.840 bits per heavy atom. The van der Waals surface area contributed by atoms with Crippen LogP contribution in [-0.4, -0.2) is 11.7 Å². The third kappa shape index (κ3) is 2.40. The molecule has 2 nitrogen and oxygen atoms in total. The maximum Gasteiger partial charge on any atom is 0.0845 e. The zero-order valence-corrected chi connectivity index (χ0v) is 14.3. The summed E-state index contributed by atoms with van der Waals surface area (Å²) in [5.41, 5.74) is 5.27. The molecule has 0 spiro atoms. The fraction of sp³-hybridized carbons (Fsp3) is 0.304. The summed E-state index contributed by atoms with van der Waals surface area (Å²) in [4.78, 5) is 0. The average Bonchev–Trinajstić information content (AvgIpc) is 2.68. The summed E-state index contributed by atoms with van der Waals surface area (Å²) < 4.78 is 0. The molecule has 1 heterocycles.